The number of ether oxygens (including phenoxy) is 1. The Labute approximate surface area is 170 Å². The van der Waals surface area contributed by atoms with E-state index in [4.69, 9.17) is 10.5 Å². The minimum absolute atomic E-state index is 0.00839. The first kappa shape index (κ1) is 20.1. The fourth-order valence-electron chi connectivity index (χ4n) is 2.88. The summed E-state index contributed by atoms with van der Waals surface area (Å²) in [5.41, 5.74) is 7.53. The van der Waals surface area contributed by atoms with Gasteiger partial charge >= 0.3 is 5.97 Å². The lowest BCUT2D eigenvalue weighted by Gasteiger charge is -2.09. The van der Waals surface area contributed by atoms with Gasteiger partial charge in [-0.05, 0) is 38.2 Å². The van der Waals surface area contributed by atoms with Crippen molar-refractivity contribution < 1.29 is 14.3 Å². The molecule has 10 heteroatoms. The number of thiophene rings is 1. The summed E-state index contributed by atoms with van der Waals surface area (Å²) in [6.45, 7) is 1.92. The van der Waals surface area contributed by atoms with E-state index in [2.05, 4.69) is 21.4 Å². The van der Waals surface area contributed by atoms with E-state index in [0.29, 0.717) is 10.6 Å². The van der Waals surface area contributed by atoms with Crippen molar-refractivity contribution in [2.24, 2.45) is 0 Å². The van der Waals surface area contributed by atoms with Crippen molar-refractivity contribution in [2.75, 3.05) is 23.4 Å². The van der Waals surface area contributed by atoms with Crippen molar-refractivity contribution in [2.45, 2.75) is 37.8 Å². The van der Waals surface area contributed by atoms with Crippen LogP contribution >= 0.6 is 23.1 Å². The zero-order chi connectivity index (χ0) is 20.1. The third-order valence-electron chi connectivity index (χ3n) is 4.16. The van der Waals surface area contributed by atoms with Gasteiger partial charge in [0.2, 0.25) is 5.91 Å². The second-order valence-corrected chi connectivity index (χ2v) is 8.08. The highest BCUT2D eigenvalue weighted by Crippen LogP contribution is 2.37. The first-order valence-electron chi connectivity index (χ1n) is 8.80. The number of aryl methyl sites for hydroxylation is 1. The predicted molar refractivity (Wildman–Crippen MR) is 107 cm³/mol. The van der Waals surface area contributed by atoms with Crippen LogP contribution in [-0.4, -0.2) is 34.2 Å². The highest BCUT2D eigenvalue weighted by atomic mass is 32.2. The number of amides is 1. The Hall–Kier alpha value is -2.64. The van der Waals surface area contributed by atoms with E-state index in [-0.39, 0.29) is 34.8 Å². The Morgan fingerprint density at radius 1 is 1.43 bits per heavy atom. The molecule has 0 unspecified atom stereocenters. The number of thioether (sulfide) groups is 1. The number of carbonyl (C=O) groups excluding carboxylic acids is 2. The summed E-state index contributed by atoms with van der Waals surface area (Å²) < 4.78 is 4.87. The zero-order valence-corrected chi connectivity index (χ0v) is 16.9. The largest absolute Gasteiger partial charge is 0.462 e. The highest BCUT2D eigenvalue weighted by molar-refractivity contribution is 7.99. The summed E-state index contributed by atoms with van der Waals surface area (Å²) in [5.74, 6) is -0.767. The molecule has 0 radical (unpaired) electrons. The summed E-state index contributed by atoms with van der Waals surface area (Å²) in [7, 11) is 0. The van der Waals surface area contributed by atoms with Crippen LogP contribution in [0.15, 0.2) is 11.4 Å². The monoisotopic (exact) mass is 417 g/mol. The van der Waals surface area contributed by atoms with Gasteiger partial charge in [0, 0.05) is 11.1 Å². The predicted octanol–water partition coefficient (Wildman–Crippen LogP) is 2.78. The number of hydrogen-bond acceptors (Lipinski definition) is 9. The Morgan fingerprint density at radius 3 is 2.93 bits per heavy atom. The number of anilines is 2. The number of carbonyl (C=O) groups is 2. The van der Waals surface area contributed by atoms with Gasteiger partial charge in [-0.1, -0.05) is 11.8 Å². The molecule has 2 heterocycles. The summed E-state index contributed by atoms with van der Waals surface area (Å²) in [6.07, 6.45) is 5.32. The SMILES string of the molecule is CCOC(=O)c1cnc(SCC(=O)Nc2sc3c(c2C#N)CCCC3)nc1N. The van der Waals surface area contributed by atoms with Crippen LogP contribution in [0.1, 0.15) is 46.1 Å². The molecule has 1 amide bonds. The molecule has 0 fully saturated rings. The van der Waals surface area contributed by atoms with Crippen LogP contribution in [0.25, 0.3) is 0 Å². The van der Waals surface area contributed by atoms with Gasteiger partial charge in [-0.25, -0.2) is 14.8 Å². The third-order valence-corrected chi connectivity index (χ3v) is 6.23. The van der Waals surface area contributed by atoms with Crippen LogP contribution < -0.4 is 11.1 Å². The summed E-state index contributed by atoms with van der Waals surface area (Å²) in [5, 5.41) is 13.2. The van der Waals surface area contributed by atoms with Gasteiger partial charge in [0.1, 0.15) is 22.5 Å². The Balaban J connectivity index is 1.62. The molecule has 146 valence electrons. The minimum atomic E-state index is -0.583. The topological polar surface area (TPSA) is 131 Å². The van der Waals surface area contributed by atoms with Gasteiger partial charge in [-0.3, -0.25) is 4.79 Å². The Morgan fingerprint density at radius 2 is 2.21 bits per heavy atom. The highest BCUT2D eigenvalue weighted by Gasteiger charge is 2.22. The molecule has 0 bridgehead atoms. The van der Waals surface area contributed by atoms with Crippen molar-refractivity contribution >= 4 is 45.8 Å². The van der Waals surface area contributed by atoms with Gasteiger partial charge in [0.25, 0.3) is 0 Å². The van der Waals surface area contributed by atoms with Crippen LogP contribution in [-0.2, 0) is 22.4 Å². The van der Waals surface area contributed by atoms with E-state index in [1.165, 1.54) is 22.4 Å². The molecule has 0 spiro atoms. The lowest BCUT2D eigenvalue weighted by molar-refractivity contribution is -0.113. The van der Waals surface area contributed by atoms with Crippen LogP contribution in [0.3, 0.4) is 0 Å². The number of nitrogens with two attached hydrogens (primary N) is 1. The molecule has 8 nitrogen and oxygen atoms in total. The summed E-state index contributed by atoms with van der Waals surface area (Å²) >= 11 is 2.58. The molecule has 3 N–H and O–H groups in total. The Kier molecular flexibility index (Phi) is 6.49. The van der Waals surface area contributed by atoms with Crippen LogP contribution in [0.2, 0.25) is 0 Å². The molecule has 0 aromatic carbocycles. The quantitative estimate of drug-likeness (QED) is 0.417. The molecular formula is C18H19N5O3S2. The third kappa shape index (κ3) is 4.43. The van der Waals surface area contributed by atoms with Crippen molar-refractivity contribution in [3.05, 3.63) is 27.8 Å². The van der Waals surface area contributed by atoms with Gasteiger partial charge in [0.15, 0.2) is 5.16 Å². The average molecular weight is 418 g/mol. The molecule has 0 aliphatic heterocycles. The molecule has 0 atom stereocenters. The number of hydrogen-bond donors (Lipinski definition) is 2. The number of aromatic nitrogens is 2. The fraction of sp³-hybridized carbons (Fsp3) is 0.389. The van der Waals surface area contributed by atoms with Crippen LogP contribution in [0.5, 0.6) is 0 Å². The maximum Gasteiger partial charge on any atom is 0.343 e. The van der Waals surface area contributed by atoms with Gasteiger partial charge in [0.05, 0.1) is 17.9 Å². The van der Waals surface area contributed by atoms with Gasteiger partial charge < -0.3 is 15.8 Å². The average Bonchev–Trinajstić information content (AvgIpc) is 3.03. The van der Waals surface area contributed by atoms with Crippen LogP contribution in [0, 0.1) is 11.3 Å². The Bertz CT molecular complexity index is 951. The van der Waals surface area contributed by atoms with Crippen LogP contribution in [0.4, 0.5) is 10.8 Å². The second-order valence-electron chi connectivity index (χ2n) is 6.04. The minimum Gasteiger partial charge on any atom is -0.462 e. The lowest BCUT2D eigenvalue weighted by atomic mass is 9.96. The van der Waals surface area contributed by atoms with E-state index in [9.17, 15) is 14.9 Å². The lowest BCUT2D eigenvalue weighted by Crippen LogP contribution is -2.15. The van der Waals surface area contributed by atoms with E-state index in [0.717, 1.165) is 43.0 Å². The number of fused-ring (bicyclic) bond motifs is 1. The first-order valence-corrected chi connectivity index (χ1v) is 10.6. The van der Waals surface area contributed by atoms with E-state index < -0.39 is 5.97 Å². The van der Waals surface area contributed by atoms with Crippen molar-refractivity contribution in [1.29, 1.82) is 5.26 Å². The summed E-state index contributed by atoms with van der Waals surface area (Å²) in [6, 6.07) is 2.22. The van der Waals surface area contributed by atoms with Gasteiger partial charge in [-0.15, -0.1) is 11.3 Å². The van der Waals surface area contributed by atoms with E-state index in [1.54, 1.807) is 6.92 Å². The van der Waals surface area contributed by atoms with E-state index >= 15 is 0 Å². The fourth-order valence-corrected chi connectivity index (χ4v) is 4.76. The second kappa shape index (κ2) is 9.03. The molecule has 1 aliphatic carbocycles. The number of nitriles is 1. The summed E-state index contributed by atoms with van der Waals surface area (Å²) in [4.78, 5) is 33.3. The molecule has 2 aromatic rings. The number of nitrogens with zero attached hydrogens (tertiary/aromatic N) is 3. The molecule has 3 rings (SSSR count). The normalized spacial score (nSPS) is 12.7. The zero-order valence-electron chi connectivity index (χ0n) is 15.3. The van der Waals surface area contributed by atoms with Crippen molar-refractivity contribution in [3.8, 4) is 6.07 Å². The van der Waals surface area contributed by atoms with E-state index in [1.807, 2.05) is 0 Å². The van der Waals surface area contributed by atoms with Crippen molar-refractivity contribution in [1.82, 2.24) is 9.97 Å². The standard InChI is InChI=1S/C18H19N5O3S2/c1-2-26-17(25)12-8-21-18(23-15(12)20)27-9-14(24)22-16-11(7-19)10-5-3-4-6-13(10)28-16/h8H,2-6,9H2,1H3,(H,22,24)(H2,20,21,23). The number of esters is 1. The smallest absolute Gasteiger partial charge is 0.343 e. The number of nitrogens with one attached hydrogen (secondary N) is 1. The molecule has 2 aromatic heterocycles. The maximum absolute atomic E-state index is 12.3. The molecule has 0 saturated carbocycles. The molecule has 28 heavy (non-hydrogen) atoms. The molecular weight excluding hydrogens is 398 g/mol. The van der Waals surface area contributed by atoms with Crippen molar-refractivity contribution in [3.63, 3.8) is 0 Å². The first-order chi connectivity index (χ1) is 13.5. The number of nitrogen functional groups attached to an aromatic ring is 1. The number of rotatable bonds is 6. The maximum atomic E-state index is 12.3. The molecule has 1 aliphatic rings. The van der Waals surface area contributed by atoms with Gasteiger partial charge in [-0.2, -0.15) is 5.26 Å². The molecule has 0 saturated heterocycles.